The summed E-state index contributed by atoms with van der Waals surface area (Å²) < 4.78 is 30.8. The molecule has 0 aliphatic rings. The third-order valence-corrected chi connectivity index (χ3v) is 6.12. The molecule has 0 bridgehead atoms. The SMILES string of the molecule is C#CCOCCOCCOCCOCCNC(=O)CN(CC(=O)N[C@@H](CCCC)C(=O)OC)C(=O)N[C@@H](CCCC)C(=O)OC. The van der Waals surface area contributed by atoms with Crippen LogP contribution in [-0.2, 0) is 47.6 Å². The van der Waals surface area contributed by atoms with Gasteiger partial charge in [-0.3, -0.25) is 9.59 Å². The molecule has 0 aromatic carbocycles. The van der Waals surface area contributed by atoms with Crippen LogP contribution in [0.25, 0.3) is 0 Å². The molecule has 0 saturated heterocycles. The average Bonchev–Trinajstić information content (AvgIpc) is 3.03. The second-order valence-corrected chi connectivity index (χ2v) is 9.75. The fourth-order valence-electron chi connectivity index (χ4n) is 3.73. The van der Waals surface area contributed by atoms with Crippen molar-refractivity contribution < 1.29 is 52.4 Å². The molecule has 0 radical (unpaired) electrons. The van der Waals surface area contributed by atoms with Gasteiger partial charge in [0.25, 0.3) is 0 Å². The van der Waals surface area contributed by atoms with E-state index in [1.807, 2.05) is 13.8 Å². The van der Waals surface area contributed by atoms with E-state index in [1.54, 1.807) is 0 Å². The third kappa shape index (κ3) is 21.8. The predicted octanol–water partition coefficient (Wildman–Crippen LogP) is 0.394. The molecule has 45 heavy (non-hydrogen) atoms. The summed E-state index contributed by atoms with van der Waals surface area (Å²) in [6, 6.07) is -2.67. The summed E-state index contributed by atoms with van der Waals surface area (Å²) in [5, 5.41) is 7.76. The van der Waals surface area contributed by atoms with Gasteiger partial charge >= 0.3 is 18.0 Å². The minimum Gasteiger partial charge on any atom is -0.467 e. The number of nitrogens with one attached hydrogen (secondary N) is 3. The third-order valence-electron chi connectivity index (χ3n) is 6.12. The Kier molecular flexibility index (Phi) is 25.9. The van der Waals surface area contributed by atoms with Crippen LogP contribution in [0, 0.1) is 12.3 Å². The molecule has 0 aliphatic carbocycles. The Bertz CT molecular complexity index is 898. The zero-order chi connectivity index (χ0) is 33.7. The van der Waals surface area contributed by atoms with E-state index in [-0.39, 0.29) is 19.8 Å². The van der Waals surface area contributed by atoms with Gasteiger partial charge in [-0.2, -0.15) is 0 Å². The summed E-state index contributed by atoms with van der Waals surface area (Å²) in [6.07, 6.45) is 8.62. The van der Waals surface area contributed by atoms with Crippen molar-refractivity contribution in [3.8, 4) is 12.3 Å². The van der Waals surface area contributed by atoms with Gasteiger partial charge in [0.1, 0.15) is 31.8 Å². The van der Waals surface area contributed by atoms with E-state index in [4.69, 9.17) is 34.8 Å². The lowest BCUT2D eigenvalue weighted by Gasteiger charge is -2.26. The van der Waals surface area contributed by atoms with Gasteiger partial charge in [0.05, 0.1) is 60.5 Å². The molecule has 15 heteroatoms. The Balaban J connectivity index is 4.89. The maximum Gasteiger partial charge on any atom is 0.328 e. The summed E-state index contributed by atoms with van der Waals surface area (Å²) in [7, 11) is 2.43. The lowest BCUT2D eigenvalue weighted by Crippen LogP contribution is -2.54. The Labute approximate surface area is 266 Å². The summed E-state index contributed by atoms with van der Waals surface area (Å²) in [4.78, 5) is 64.0. The Morgan fingerprint density at radius 1 is 0.689 bits per heavy atom. The second-order valence-electron chi connectivity index (χ2n) is 9.75. The highest BCUT2D eigenvalue weighted by Gasteiger charge is 2.28. The molecular weight excluding hydrogens is 592 g/mol. The molecule has 0 aliphatic heterocycles. The van der Waals surface area contributed by atoms with Crippen molar-refractivity contribution >= 4 is 29.8 Å². The van der Waals surface area contributed by atoms with E-state index in [1.165, 1.54) is 14.2 Å². The maximum absolute atomic E-state index is 13.2. The van der Waals surface area contributed by atoms with E-state index in [0.717, 1.165) is 17.7 Å². The van der Waals surface area contributed by atoms with Crippen LogP contribution in [0.4, 0.5) is 4.79 Å². The summed E-state index contributed by atoms with van der Waals surface area (Å²) in [6.45, 7) is 5.65. The zero-order valence-electron chi connectivity index (χ0n) is 27.2. The molecule has 0 aromatic heterocycles. The molecular formula is C30H52N4O11. The molecule has 0 heterocycles. The standard InChI is InChI=1S/C30H52N4O11/c1-6-9-11-24(28(37)40-4)32-27(36)23-34(30(39)33-25(12-10-7-2)29(38)41-5)22-26(35)31-13-15-43-17-19-45-21-20-44-18-16-42-14-8-3/h3,24-25H,6-7,9-23H2,1-2,4-5H3,(H,31,35)(H,32,36)(H,33,39)/t24-,25-/m0/s1. The first-order valence-corrected chi connectivity index (χ1v) is 15.2. The highest BCUT2D eigenvalue weighted by molar-refractivity contribution is 5.91. The minimum atomic E-state index is -0.960. The van der Waals surface area contributed by atoms with Crippen molar-refractivity contribution in [1.82, 2.24) is 20.9 Å². The maximum atomic E-state index is 13.2. The molecule has 4 amide bonds. The first-order valence-electron chi connectivity index (χ1n) is 15.2. The zero-order valence-corrected chi connectivity index (χ0v) is 27.2. The first-order chi connectivity index (χ1) is 21.7. The molecule has 2 atom stereocenters. The van der Waals surface area contributed by atoms with Crippen LogP contribution in [0.1, 0.15) is 52.4 Å². The molecule has 0 unspecified atom stereocenters. The van der Waals surface area contributed by atoms with Crippen LogP contribution in [0.15, 0.2) is 0 Å². The smallest absolute Gasteiger partial charge is 0.328 e. The van der Waals surface area contributed by atoms with Crippen LogP contribution in [0.5, 0.6) is 0 Å². The Morgan fingerprint density at radius 2 is 1.16 bits per heavy atom. The van der Waals surface area contributed by atoms with Crippen molar-refractivity contribution in [2.75, 3.05) is 86.7 Å². The van der Waals surface area contributed by atoms with Gasteiger partial charge in [-0.1, -0.05) is 45.5 Å². The number of rotatable bonds is 27. The van der Waals surface area contributed by atoms with Crippen molar-refractivity contribution in [2.24, 2.45) is 0 Å². The summed E-state index contributed by atoms with van der Waals surface area (Å²) in [5.41, 5.74) is 0. The molecule has 258 valence electrons. The first kappa shape index (κ1) is 41.5. The number of amides is 4. The largest absolute Gasteiger partial charge is 0.467 e. The van der Waals surface area contributed by atoms with Gasteiger partial charge in [0.15, 0.2) is 0 Å². The van der Waals surface area contributed by atoms with Gasteiger partial charge in [-0.25, -0.2) is 14.4 Å². The number of ether oxygens (including phenoxy) is 6. The van der Waals surface area contributed by atoms with E-state index in [9.17, 15) is 24.0 Å². The molecule has 0 aromatic rings. The molecule has 15 nitrogen and oxygen atoms in total. The van der Waals surface area contributed by atoms with Crippen molar-refractivity contribution in [3.63, 3.8) is 0 Å². The van der Waals surface area contributed by atoms with Crippen LogP contribution >= 0.6 is 0 Å². The summed E-state index contributed by atoms with van der Waals surface area (Å²) in [5.74, 6) is -0.115. The van der Waals surface area contributed by atoms with Crippen molar-refractivity contribution in [2.45, 2.75) is 64.5 Å². The fourth-order valence-corrected chi connectivity index (χ4v) is 3.73. The lowest BCUT2D eigenvalue weighted by atomic mass is 10.1. The van der Waals surface area contributed by atoms with Crippen LogP contribution in [-0.4, -0.2) is 133 Å². The Hall–Kier alpha value is -3.45. The number of urea groups is 1. The van der Waals surface area contributed by atoms with E-state index in [0.29, 0.717) is 65.3 Å². The number of hydrogen-bond acceptors (Lipinski definition) is 11. The van der Waals surface area contributed by atoms with Gasteiger partial charge < -0.3 is 49.3 Å². The predicted molar refractivity (Wildman–Crippen MR) is 164 cm³/mol. The highest BCUT2D eigenvalue weighted by atomic mass is 16.6. The quantitative estimate of drug-likeness (QED) is 0.0640. The number of esters is 2. The number of unbranched alkanes of at least 4 members (excludes halogenated alkanes) is 2. The molecule has 0 rings (SSSR count). The van der Waals surface area contributed by atoms with E-state index < -0.39 is 55.0 Å². The van der Waals surface area contributed by atoms with E-state index >= 15 is 0 Å². The van der Waals surface area contributed by atoms with Crippen LogP contribution < -0.4 is 16.0 Å². The summed E-state index contributed by atoms with van der Waals surface area (Å²) >= 11 is 0. The van der Waals surface area contributed by atoms with Gasteiger partial charge in [-0.15, -0.1) is 6.42 Å². The topological polar surface area (TPSA) is 180 Å². The number of carbonyl (C=O) groups excluding carboxylic acids is 5. The molecule has 3 N–H and O–H groups in total. The number of carbonyl (C=O) groups is 5. The number of methoxy groups -OCH3 is 2. The van der Waals surface area contributed by atoms with Crippen molar-refractivity contribution in [3.05, 3.63) is 0 Å². The average molecular weight is 645 g/mol. The molecule has 0 fully saturated rings. The molecule has 0 saturated carbocycles. The van der Waals surface area contributed by atoms with Crippen LogP contribution in [0.3, 0.4) is 0 Å². The van der Waals surface area contributed by atoms with Gasteiger partial charge in [0, 0.05) is 6.54 Å². The lowest BCUT2D eigenvalue weighted by molar-refractivity contribution is -0.145. The van der Waals surface area contributed by atoms with Crippen molar-refractivity contribution in [1.29, 1.82) is 0 Å². The number of nitrogens with zero attached hydrogens (tertiary/aromatic N) is 1. The van der Waals surface area contributed by atoms with Crippen LogP contribution in [0.2, 0.25) is 0 Å². The molecule has 0 spiro atoms. The number of terminal acetylenes is 1. The monoisotopic (exact) mass is 644 g/mol. The Morgan fingerprint density at radius 3 is 1.64 bits per heavy atom. The fraction of sp³-hybridized carbons (Fsp3) is 0.767. The van der Waals surface area contributed by atoms with E-state index in [2.05, 4.69) is 21.9 Å². The van der Waals surface area contributed by atoms with Gasteiger partial charge in [0.2, 0.25) is 11.8 Å². The van der Waals surface area contributed by atoms with Gasteiger partial charge in [-0.05, 0) is 12.8 Å². The minimum absolute atomic E-state index is 0.143. The second kappa shape index (κ2) is 28.1. The normalized spacial score (nSPS) is 11.9. The number of hydrogen-bond donors (Lipinski definition) is 3. The highest BCUT2D eigenvalue weighted by Crippen LogP contribution is 2.06.